The van der Waals surface area contributed by atoms with Crippen molar-refractivity contribution in [3.63, 3.8) is 0 Å². The SMILES string of the molecule is COc1ccc(OC)c(C(=O)NCCOc2ccc3nnc(-c4cccc(F)c4)n3n2)c1. The van der Waals surface area contributed by atoms with Gasteiger partial charge in [0, 0.05) is 11.6 Å². The number of benzene rings is 2. The summed E-state index contributed by atoms with van der Waals surface area (Å²) in [6.07, 6.45) is 0. The minimum Gasteiger partial charge on any atom is -0.497 e. The van der Waals surface area contributed by atoms with Crippen LogP contribution in [0.4, 0.5) is 4.39 Å². The highest BCUT2D eigenvalue weighted by Gasteiger charge is 2.14. The van der Waals surface area contributed by atoms with Crippen molar-refractivity contribution in [2.75, 3.05) is 27.4 Å². The molecule has 0 aliphatic carbocycles. The number of aromatic nitrogens is 4. The van der Waals surface area contributed by atoms with Gasteiger partial charge in [0.1, 0.15) is 23.9 Å². The molecule has 0 atom stereocenters. The number of rotatable bonds is 8. The van der Waals surface area contributed by atoms with Crippen LogP contribution in [0.5, 0.6) is 17.4 Å². The van der Waals surface area contributed by atoms with E-state index in [4.69, 9.17) is 14.2 Å². The van der Waals surface area contributed by atoms with Crippen molar-refractivity contribution in [2.45, 2.75) is 0 Å². The number of hydrogen-bond donors (Lipinski definition) is 1. The fourth-order valence-corrected chi connectivity index (χ4v) is 3.06. The molecule has 0 spiro atoms. The predicted octanol–water partition coefficient (Wildman–Crippen LogP) is 2.76. The molecule has 9 nitrogen and oxygen atoms in total. The zero-order valence-corrected chi connectivity index (χ0v) is 17.4. The molecule has 164 valence electrons. The third-order valence-corrected chi connectivity index (χ3v) is 4.61. The Hall–Kier alpha value is -4.21. The maximum absolute atomic E-state index is 13.6. The first-order valence-electron chi connectivity index (χ1n) is 9.70. The third kappa shape index (κ3) is 4.43. The fourth-order valence-electron chi connectivity index (χ4n) is 3.06. The summed E-state index contributed by atoms with van der Waals surface area (Å²) in [4.78, 5) is 12.5. The first kappa shape index (κ1) is 21.0. The number of nitrogens with zero attached hydrogens (tertiary/aromatic N) is 4. The molecule has 2 heterocycles. The summed E-state index contributed by atoms with van der Waals surface area (Å²) in [7, 11) is 3.02. The van der Waals surface area contributed by atoms with Crippen LogP contribution in [0.15, 0.2) is 54.6 Å². The van der Waals surface area contributed by atoms with Gasteiger partial charge in [-0.1, -0.05) is 12.1 Å². The number of halogens is 1. The van der Waals surface area contributed by atoms with E-state index in [1.54, 1.807) is 42.5 Å². The number of fused-ring (bicyclic) bond motifs is 1. The number of amides is 1. The van der Waals surface area contributed by atoms with Gasteiger partial charge in [0.2, 0.25) is 5.88 Å². The number of hydrogen-bond acceptors (Lipinski definition) is 7. The van der Waals surface area contributed by atoms with E-state index >= 15 is 0 Å². The molecule has 4 rings (SSSR count). The van der Waals surface area contributed by atoms with Crippen LogP contribution in [-0.2, 0) is 0 Å². The average Bonchev–Trinajstić information content (AvgIpc) is 3.24. The number of methoxy groups -OCH3 is 2. The summed E-state index contributed by atoms with van der Waals surface area (Å²) < 4.78 is 31.1. The molecule has 32 heavy (non-hydrogen) atoms. The Morgan fingerprint density at radius 3 is 2.72 bits per heavy atom. The smallest absolute Gasteiger partial charge is 0.255 e. The normalized spacial score (nSPS) is 10.7. The number of carbonyl (C=O) groups is 1. The molecule has 0 saturated carbocycles. The van der Waals surface area contributed by atoms with Crippen molar-refractivity contribution in [3.05, 3.63) is 66.0 Å². The second-order valence-corrected chi connectivity index (χ2v) is 6.65. The fraction of sp³-hybridized carbons (Fsp3) is 0.182. The van der Waals surface area contributed by atoms with Crippen LogP contribution in [0.3, 0.4) is 0 Å². The summed E-state index contributed by atoms with van der Waals surface area (Å²) in [6, 6.07) is 14.3. The summed E-state index contributed by atoms with van der Waals surface area (Å²) in [6.45, 7) is 0.409. The number of nitrogens with one attached hydrogen (secondary N) is 1. The van der Waals surface area contributed by atoms with Gasteiger partial charge in [-0.2, -0.15) is 4.52 Å². The lowest BCUT2D eigenvalue weighted by Gasteiger charge is -2.11. The van der Waals surface area contributed by atoms with Gasteiger partial charge in [0.15, 0.2) is 11.5 Å². The minimum atomic E-state index is -0.380. The first-order chi connectivity index (χ1) is 15.6. The topological polar surface area (TPSA) is 99.9 Å². The largest absolute Gasteiger partial charge is 0.497 e. The van der Waals surface area contributed by atoms with E-state index in [1.165, 1.54) is 30.9 Å². The second-order valence-electron chi connectivity index (χ2n) is 6.65. The first-order valence-corrected chi connectivity index (χ1v) is 9.70. The van der Waals surface area contributed by atoms with E-state index in [0.717, 1.165) is 0 Å². The lowest BCUT2D eigenvalue weighted by Crippen LogP contribution is -2.28. The van der Waals surface area contributed by atoms with Gasteiger partial charge in [-0.25, -0.2) is 4.39 Å². The molecule has 4 aromatic rings. The molecule has 0 bridgehead atoms. The molecule has 0 aliphatic rings. The highest BCUT2D eigenvalue weighted by molar-refractivity contribution is 5.97. The van der Waals surface area contributed by atoms with E-state index in [9.17, 15) is 9.18 Å². The Bertz CT molecular complexity index is 1260. The highest BCUT2D eigenvalue weighted by Crippen LogP contribution is 2.24. The van der Waals surface area contributed by atoms with E-state index in [2.05, 4.69) is 20.6 Å². The minimum absolute atomic E-state index is 0.175. The van der Waals surface area contributed by atoms with Crippen LogP contribution in [0.1, 0.15) is 10.4 Å². The molecule has 2 aromatic carbocycles. The third-order valence-electron chi connectivity index (χ3n) is 4.61. The molecular weight excluding hydrogens is 417 g/mol. The van der Waals surface area contributed by atoms with Crippen molar-refractivity contribution >= 4 is 11.6 Å². The van der Waals surface area contributed by atoms with Gasteiger partial charge in [0.25, 0.3) is 5.91 Å². The van der Waals surface area contributed by atoms with Crippen molar-refractivity contribution in [3.8, 4) is 28.8 Å². The summed E-state index contributed by atoms with van der Waals surface area (Å²) in [5.41, 5.74) is 1.40. The Balaban J connectivity index is 1.41. The maximum Gasteiger partial charge on any atom is 0.255 e. The Morgan fingerprint density at radius 1 is 1.06 bits per heavy atom. The molecular formula is C22H20FN5O4. The number of carbonyl (C=O) groups excluding carboxylic acids is 1. The molecule has 10 heteroatoms. The van der Waals surface area contributed by atoms with Crippen LogP contribution in [0.25, 0.3) is 17.0 Å². The van der Waals surface area contributed by atoms with Gasteiger partial charge < -0.3 is 19.5 Å². The molecule has 0 unspecified atom stereocenters. The predicted molar refractivity (Wildman–Crippen MR) is 114 cm³/mol. The molecule has 0 radical (unpaired) electrons. The molecule has 0 aliphatic heterocycles. The van der Waals surface area contributed by atoms with Crippen molar-refractivity contribution in [1.29, 1.82) is 0 Å². The second kappa shape index (κ2) is 9.29. The maximum atomic E-state index is 13.6. The zero-order valence-electron chi connectivity index (χ0n) is 17.4. The number of ether oxygens (including phenoxy) is 3. The van der Waals surface area contributed by atoms with Crippen LogP contribution in [-0.4, -0.2) is 53.1 Å². The van der Waals surface area contributed by atoms with Crippen molar-refractivity contribution < 1.29 is 23.4 Å². The van der Waals surface area contributed by atoms with E-state index in [1.807, 2.05) is 0 Å². The van der Waals surface area contributed by atoms with Crippen molar-refractivity contribution in [2.24, 2.45) is 0 Å². The monoisotopic (exact) mass is 437 g/mol. The summed E-state index contributed by atoms with van der Waals surface area (Å²) in [5, 5.41) is 15.3. The molecule has 0 fully saturated rings. The lowest BCUT2D eigenvalue weighted by molar-refractivity contribution is 0.0943. The van der Waals surface area contributed by atoms with Gasteiger partial charge >= 0.3 is 0 Å². The summed E-state index contributed by atoms with van der Waals surface area (Å²) >= 11 is 0. The standard InChI is InChI=1S/C22H20FN5O4/c1-30-16-6-7-18(31-2)17(13-16)22(29)24-10-11-32-20-9-8-19-25-26-21(28(19)27-20)14-4-3-5-15(23)12-14/h3-9,12-13H,10-11H2,1-2H3,(H,24,29). The van der Waals surface area contributed by atoms with Crippen LogP contribution in [0, 0.1) is 5.82 Å². The lowest BCUT2D eigenvalue weighted by atomic mass is 10.1. The van der Waals surface area contributed by atoms with Gasteiger partial charge in [-0.15, -0.1) is 15.3 Å². The molecule has 2 aromatic heterocycles. The van der Waals surface area contributed by atoms with Gasteiger partial charge in [-0.05, 0) is 36.4 Å². The van der Waals surface area contributed by atoms with E-state index in [0.29, 0.717) is 40.0 Å². The molecule has 0 saturated heterocycles. The summed E-state index contributed by atoms with van der Waals surface area (Å²) in [5.74, 6) is 0.989. The van der Waals surface area contributed by atoms with E-state index < -0.39 is 0 Å². The average molecular weight is 437 g/mol. The Labute approximate surface area is 182 Å². The Morgan fingerprint density at radius 2 is 1.94 bits per heavy atom. The van der Waals surface area contributed by atoms with Crippen molar-refractivity contribution in [1.82, 2.24) is 25.1 Å². The highest BCUT2D eigenvalue weighted by atomic mass is 19.1. The quantitative estimate of drug-likeness (QED) is 0.423. The van der Waals surface area contributed by atoms with Crippen LogP contribution in [0.2, 0.25) is 0 Å². The van der Waals surface area contributed by atoms with Gasteiger partial charge in [-0.3, -0.25) is 4.79 Å². The Kier molecular flexibility index (Phi) is 6.11. The molecule has 1 N–H and O–H groups in total. The van der Waals surface area contributed by atoms with Gasteiger partial charge in [0.05, 0.1) is 26.3 Å². The zero-order chi connectivity index (χ0) is 22.5. The van der Waals surface area contributed by atoms with Crippen LogP contribution >= 0.6 is 0 Å². The van der Waals surface area contributed by atoms with Crippen LogP contribution < -0.4 is 19.5 Å². The van der Waals surface area contributed by atoms with E-state index in [-0.39, 0.29) is 24.9 Å². The molecule has 1 amide bonds.